The van der Waals surface area contributed by atoms with Crippen LogP contribution in [0.3, 0.4) is 0 Å². The molecule has 0 unspecified atom stereocenters. The van der Waals surface area contributed by atoms with Gasteiger partial charge in [0.1, 0.15) is 11.4 Å². The fraction of sp³-hybridized carbons (Fsp3) is 0.500. The maximum absolute atomic E-state index is 12.5. The lowest BCUT2D eigenvalue weighted by molar-refractivity contribution is -0.101. The van der Waals surface area contributed by atoms with E-state index in [1.807, 2.05) is 19.2 Å². The number of ether oxygens (including phenoxy) is 1. The molecule has 2 aliphatic heterocycles. The first-order chi connectivity index (χ1) is 13.0. The summed E-state index contributed by atoms with van der Waals surface area (Å²) in [6.45, 7) is 4.77. The summed E-state index contributed by atoms with van der Waals surface area (Å²) in [6, 6.07) is 8.68. The average Bonchev–Trinajstić information content (AvgIpc) is 2.69. The van der Waals surface area contributed by atoms with Gasteiger partial charge in [-0.3, -0.25) is 0 Å². The molecule has 1 aromatic carbocycles. The molecule has 2 aliphatic rings. The number of nitrogens with zero attached hydrogens (tertiary/aromatic N) is 3. The molecule has 0 amide bonds. The molecule has 0 saturated carbocycles. The number of sulfone groups is 1. The van der Waals surface area contributed by atoms with Gasteiger partial charge in [0.15, 0.2) is 9.84 Å². The Morgan fingerprint density at radius 2 is 1.93 bits per heavy atom. The summed E-state index contributed by atoms with van der Waals surface area (Å²) in [6.07, 6.45) is 4.46. The van der Waals surface area contributed by atoms with Gasteiger partial charge in [0, 0.05) is 25.8 Å². The van der Waals surface area contributed by atoms with E-state index in [1.165, 1.54) is 5.56 Å². The molecule has 1 aromatic heterocycles. The molecule has 3 heterocycles. The van der Waals surface area contributed by atoms with E-state index in [2.05, 4.69) is 9.88 Å². The van der Waals surface area contributed by atoms with Crippen molar-refractivity contribution < 1.29 is 13.2 Å². The zero-order valence-electron chi connectivity index (χ0n) is 15.6. The van der Waals surface area contributed by atoms with E-state index in [0.717, 1.165) is 43.9 Å². The fourth-order valence-electron chi connectivity index (χ4n) is 4.01. The van der Waals surface area contributed by atoms with Crippen LogP contribution in [0.1, 0.15) is 29.9 Å². The van der Waals surface area contributed by atoms with Crippen molar-refractivity contribution in [3.05, 3.63) is 53.6 Å². The molecule has 0 N–H and O–H groups in total. The predicted octanol–water partition coefficient (Wildman–Crippen LogP) is 2.12. The quantitative estimate of drug-likeness (QED) is 0.800. The number of hydrogen-bond acceptors (Lipinski definition) is 6. The third-order valence-electron chi connectivity index (χ3n) is 5.61. The number of fused-ring (bicyclic) bond motifs is 2. The number of piperidine rings is 1. The lowest BCUT2D eigenvalue weighted by Crippen LogP contribution is -2.48. The van der Waals surface area contributed by atoms with Crippen LogP contribution in [0, 0.1) is 6.92 Å². The Morgan fingerprint density at radius 1 is 1.19 bits per heavy atom. The van der Waals surface area contributed by atoms with Crippen molar-refractivity contribution in [3.8, 4) is 0 Å². The normalized spacial score (nSPS) is 19.7. The van der Waals surface area contributed by atoms with E-state index in [4.69, 9.17) is 9.72 Å². The van der Waals surface area contributed by atoms with E-state index in [9.17, 15) is 8.42 Å². The number of benzene rings is 1. The van der Waals surface area contributed by atoms with Crippen LogP contribution < -0.4 is 0 Å². The van der Waals surface area contributed by atoms with Crippen molar-refractivity contribution in [2.45, 2.75) is 36.7 Å². The Balaban J connectivity index is 1.41. The van der Waals surface area contributed by atoms with Crippen molar-refractivity contribution in [3.63, 3.8) is 0 Å². The lowest BCUT2D eigenvalue weighted by atomic mass is 9.83. The van der Waals surface area contributed by atoms with E-state index in [0.29, 0.717) is 18.0 Å². The standard InChI is InChI=1S/C20H25N3O3S/c1-16-21-15-17-7-13-26-20(19(17)22-16)8-10-23(11-9-20)12-14-27(24,25)18-5-3-2-4-6-18/h2-6,15H,7-14H2,1H3. The minimum Gasteiger partial charge on any atom is -0.368 e. The SMILES string of the molecule is Cc1ncc2c(n1)C1(CCN(CCS(=O)(=O)c3ccccc3)CC1)OCC2. The van der Waals surface area contributed by atoms with Gasteiger partial charge in [-0.15, -0.1) is 0 Å². The van der Waals surface area contributed by atoms with Crippen LogP contribution in [0.4, 0.5) is 0 Å². The van der Waals surface area contributed by atoms with Gasteiger partial charge in [0.2, 0.25) is 0 Å². The topological polar surface area (TPSA) is 72.4 Å². The molecule has 0 atom stereocenters. The number of rotatable bonds is 4. The Bertz CT molecular complexity index is 907. The van der Waals surface area contributed by atoms with Crippen LogP contribution in [0.15, 0.2) is 41.4 Å². The highest BCUT2D eigenvalue weighted by molar-refractivity contribution is 7.91. The number of hydrogen-bond donors (Lipinski definition) is 0. The molecule has 144 valence electrons. The second kappa shape index (κ2) is 7.30. The first-order valence-electron chi connectivity index (χ1n) is 9.46. The van der Waals surface area contributed by atoms with Crippen LogP contribution in [-0.2, 0) is 26.6 Å². The summed E-state index contributed by atoms with van der Waals surface area (Å²) in [4.78, 5) is 11.6. The van der Waals surface area contributed by atoms with Gasteiger partial charge < -0.3 is 9.64 Å². The van der Waals surface area contributed by atoms with Gasteiger partial charge in [0.25, 0.3) is 0 Å². The molecule has 1 spiro atoms. The molecule has 27 heavy (non-hydrogen) atoms. The summed E-state index contributed by atoms with van der Waals surface area (Å²) in [5.74, 6) is 0.915. The van der Waals surface area contributed by atoms with Gasteiger partial charge in [0.05, 0.1) is 22.9 Å². The monoisotopic (exact) mass is 387 g/mol. The molecule has 6 nitrogen and oxygen atoms in total. The number of aromatic nitrogens is 2. The third kappa shape index (κ3) is 3.77. The molecule has 0 radical (unpaired) electrons. The highest BCUT2D eigenvalue weighted by Gasteiger charge is 2.42. The Morgan fingerprint density at radius 3 is 2.67 bits per heavy atom. The van der Waals surface area contributed by atoms with Gasteiger partial charge in [-0.25, -0.2) is 18.4 Å². The summed E-state index contributed by atoms with van der Waals surface area (Å²) in [7, 11) is -3.24. The van der Waals surface area contributed by atoms with Crippen molar-refractivity contribution in [2.75, 3.05) is 32.0 Å². The van der Waals surface area contributed by atoms with E-state index < -0.39 is 9.84 Å². The summed E-state index contributed by atoms with van der Waals surface area (Å²) >= 11 is 0. The van der Waals surface area contributed by atoms with Crippen LogP contribution in [0.25, 0.3) is 0 Å². The van der Waals surface area contributed by atoms with E-state index in [1.54, 1.807) is 24.3 Å². The van der Waals surface area contributed by atoms with Gasteiger partial charge in [-0.05, 0) is 43.9 Å². The fourth-order valence-corrected chi connectivity index (χ4v) is 5.32. The molecule has 7 heteroatoms. The van der Waals surface area contributed by atoms with Crippen molar-refractivity contribution in [2.24, 2.45) is 0 Å². The Hall–Kier alpha value is -1.83. The second-order valence-electron chi connectivity index (χ2n) is 7.36. The molecule has 2 aromatic rings. The maximum atomic E-state index is 12.5. The average molecular weight is 388 g/mol. The van der Waals surface area contributed by atoms with Crippen LogP contribution >= 0.6 is 0 Å². The lowest BCUT2D eigenvalue weighted by Gasteiger charge is -2.44. The third-order valence-corrected chi connectivity index (χ3v) is 7.32. The second-order valence-corrected chi connectivity index (χ2v) is 9.47. The number of likely N-dealkylation sites (tertiary alicyclic amines) is 1. The minimum absolute atomic E-state index is 0.142. The van der Waals surface area contributed by atoms with Crippen molar-refractivity contribution in [1.29, 1.82) is 0 Å². The molecule has 1 fully saturated rings. The van der Waals surface area contributed by atoms with Gasteiger partial charge in [-0.1, -0.05) is 18.2 Å². The summed E-state index contributed by atoms with van der Waals surface area (Å²) < 4.78 is 31.2. The van der Waals surface area contributed by atoms with Crippen LogP contribution in [0.5, 0.6) is 0 Å². The highest BCUT2D eigenvalue weighted by Crippen LogP contribution is 2.40. The smallest absolute Gasteiger partial charge is 0.179 e. The van der Waals surface area contributed by atoms with Gasteiger partial charge in [-0.2, -0.15) is 0 Å². The first-order valence-corrected chi connectivity index (χ1v) is 11.1. The van der Waals surface area contributed by atoms with E-state index >= 15 is 0 Å². The summed E-state index contributed by atoms with van der Waals surface area (Å²) in [5.41, 5.74) is 1.89. The zero-order valence-corrected chi connectivity index (χ0v) is 16.4. The Kier molecular flexibility index (Phi) is 5.01. The Labute approximate surface area is 160 Å². The van der Waals surface area contributed by atoms with E-state index in [-0.39, 0.29) is 11.4 Å². The largest absolute Gasteiger partial charge is 0.368 e. The van der Waals surface area contributed by atoms with Crippen LogP contribution in [-0.4, -0.2) is 55.3 Å². The molecule has 0 aliphatic carbocycles. The minimum atomic E-state index is -3.24. The van der Waals surface area contributed by atoms with Gasteiger partial charge >= 0.3 is 0 Å². The molecule has 0 bridgehead atoms. The van der Waals surface area contributed by atoms with Crippen molar-refractivity contribution >= 4 is 9.84 Å². The highest BCUT2D eigenvalue weighted by atomic mass is 32.2. The first kappa shape index (κ1) is 18.5. The molecular weight excluding hydrogens is 362 g/mol. The molecule has 1 saturated heterocycles. The summed E-state index contributed by atoms with van der Waals surface area (Å²) in [5, 5.41) is 0. The number of aryl methyl sites for hydroxylation is 1. The molecule has 4 rings (SSSR count). The predicted molar refractivity (Wildman–Crippen MR) is 102 cm³/mol. The molecular formula is C20H25N3O3S. The van der Waals surface area contributed by atoms with Crippen LogP contribution in [0.2, 0.25) is 0 Å². The van der Waals surface area contributed by atoms with Crippen molar-refractivity contribution in [1.82, 2.24) is 14.9 Å². The maximum Gasteiger partial charge on any atom is 0.179 e. The zero-order chi connectivity index (χ0) is 18.9.